The van der Waals surface area contributed by atoms with Gasteiger partial charge in [-0.1, -0.05) is 192 Å². The minimum Gasteiger partial charge on any atom is -0.466 e. The monoisotopic (exact) mass is 748 g/mol. The van der Waals surface area contributed by atoms with E-state index in [1.807, 2.05) is 0 Å². The molecule has 53 heavy (non-hydrogen) atoms. The highest BCUT2D eigenvalue weighted by molar-refractivity contribution is 5.76. The first-order valence-corrected chi connectivity index (χ1v) is 23.1. The molecule has 312 valence electrons. The third kappa shape index (κ3) is 39.8. The predicted octanol–water partition coefficient (Wildman–Crippen LogP) is 13.2. The number of esters is 1. The van der Waals surface area contributed by atoms with E-state index in [9.17, 15) is 19.8 Å². The highest BCUT2D eigenvalue weighted by Gasteiger charge is 2.20. The molecule has 0 aliphatic heterocycles. The molecule has 2 atom stereocenters. The van der Waals surface area contributed by atoms with Gasteiger partial charge in [-0.15, -0.1) is 0 Å². The molecule has 6 heteroatoms. The lowest BCUT2D eigenvalue weighted by atomic mass is 10.0. The van der Waals surface area contributed by atoms with Crippen molar-refractivity contribution in [2.24, 2.45) is 0 Å². The molecule has 2 unspecified atom stereocenters. The first kappa shape index (κ1) is 51.3. The number of unbranched alkanes of at least 4 members (excludes halogenated alkanes) is 27. The summed E-state index contributed by atoms with van der Waals surface area (Å²) in [5.41, 5.74) is 0. The molecule has 6 nitrogen and oxygen atoms in total. The molecule has 0 heterocycles. The third-order valence-electron chi connectivity index (χ3n) is 10.5. The molecule has 0 aliphatic rings. The predicted molar refractivity (Wildman–Crippen MR) is 227 cm³/mol. The fraction of sp³-hybridized carbons (Fsp3) is 0.872. The number of allylic oxidation sites excluding steroid dienone is 4. The van der Waals surface area contributed by atoms with E-state index in [1.54, 1.807) is 0 Å². The van der Waals surface area contributed by atoms with E-state index in [-0.39, 0.29) is 18.5 Å². The molecular weight excluding hydrogens is 659 g/mol. The molecule has 0 rings (SSSR count). The molecular formula is C47H89NO5. The molecule has 0 bridgehead atoms. The number of aliphatic hydroxyl groups excluding tert-OH is 2. The summed E-state index contributed by atoms with van der Waals surface area (Å²) in [5, 5.41) is 23.0. The summed E-state index contributed by atoms with van der Waals surface area (Å²) in [6.07, 6.45) is 48.5. The van der Waals surface area contributed by atoms with Crippen LogP contribution in [0.5, 0.6) is 0 Å². The molecule has 0 fully saturated rings. The summed E-state index contributed by atoms with van der Waals surface area (Å²) in [6, 6.07) is -0.560. The molecule has 1 amide bonds. The van der Waals surface area contributed by atoms with Crippen LogP contribution in [0.3, 0.4) is 0 Å². The van der Waals surface area contributed by atoms with Crippen LogP contribution >= 0.6 is 0 Å². The molecule has 0 aromatic carbocycles. The summed E-state index contributed by atoms with van der Waals surface area (Å²) in [7, 11) is 0. The summed E-state index contributed by atoms with van der Waals surface area (Å²) < 4.78 is 5.44. The Bertz CT molecular complexity index is 828. The minimum atomic E-state index is -0.680. The Morgan fingerprint density at radius 1 is 0.528 bits per heavy atom. The Hall–Kier alpha value is -1.66. The van der Waals surface area contributed by atoms with Crippen molar-refractivity contribution in [3.63, 3.8) is 0 Å². The first-order chi connectivity index (χ1) is 26.0. The highest BCUT2D eigenvalue weighted by atomic mass is 16.5. The largest absolute Gasteiger partial charge is 0.466 e. The molecule has 0 saturated carbocycles. The SMILES string of the molecule is CCCCC/C=C\C/C=C\CCCCCCCCCC(=O)OCCCCCCCCCCCC(=O)NC(CO)C(O)CCCCCCCCCCCC. The Morgan fingerprint density at radius 2 is 0.943 bits per heavy atom. The second-order valence-electron chi connectivity index (χ2n) is 15.7. The molecule has 0 aromatic rings. The second-order valence-corrected chi connectivity index (χ2v) is 15.7. The van der Waals surface area contributed by atoms with Gasteiger partial charge in [0.1, 0.15) is 0 Å². The lowest BCUT2D eigenvalue weighted by molar-refractivity contribution is -0.143. The van der Waals surface area contributed by atoms with Gasteiger partial charge in [-0.2, -0.15) is 0 Å². The quantitative estimate of drug-likeness (QED) is 0.0328. The molecule has 0 radical (unpaired) electrons. The number of hydrogen-bond acceptors (Lipinski definition) is 5. The van der Waals surface area contributed by atoms with E-state index in [1.165, 1.54) is 141 Å². The average Bonchev–Trinajstić information content (AvgIpc) is 3.16. The van der Waals surface area contributed by atoms with Crippen molar-refractivity contribution in [1.29, 1.82) is 0 Å². The van der Waals surface area contributed by atoms with E-state index < -0.39 is 12.1 Å². The Morgan fingerprint density at radius 3 is 1.47 bits per heavy atom. The molecule has 3 N–H and O–H groups in total. The number of carbonyl (C=O) groups is 2. The summed E-state index contributed by atoms with van der Waals surface area (Å²) in [4.78, 5) is 24.4. The molecule has 0 spiro atoms. The van der Waals surface area contributed by atoms with Crippen LogP contribution in [-0.4, -0.2) is 47.4 Å². The van der Waals surface area contributed by atoms with Crippen LogP contribution in [0.15, 0.2) is 24.3 Å². The lowest BCUT2D eigenvalue weighted by Crippen LogP contribution is -2.45. The minimum absolute atomic E-state index is 0.0336. The number of hydrogen-bond donors (Lipinski definition) is 3. The van der Waals surface area contributed by atoms with E-state index in [4.69, 9.17) is 4.74 Å². The van der Waals surface area contributed by atoms with Crippen molar-refractivity contribution in [3.8, 4) is 0 Å². The van der Waals surface area contributed by atoms with Gasteiger partial charge in [0.25, 0.3) is 0 Å². The van der Waals surface area contributed by atoms with Crippen LogP contribution < -0.4 is 5.32 Å². The van der Waals surface area contributed by atoms with Gasteiger partial charge in [0.15, 0.2) is 0 Å². The van der Waals surface area contributed by atoms with Gasteiger partial charge in [0.2, 0.25) is 5.91 Å². The zero-order chi connectivity index (χ0) is 38.7. The van der Waals surface area contributed by atoms with Gasteiger partial charge in [0, 0.05) is 12.8 Å². The van der Waals surface area contributed by atoms with E-state index in [2.05, 4.69) is 43.5 Å². The van der Waals surface area contributed by atoms with Crippen LogP contribution in [0.25, 0.3) is 0 Å². The van der Waals surface area contributed by atoms with Crippen LogP contribution in [0, 0.1) is 0 Å². The van der Waals surface area contributed by atoms with Crippen LogP contribution in [-0.2, 0) is 14.3 Å². The van der Waals surface area contributed by atoms with Gasteiger partial charge in [0.05, 0.1) is 25.4 Å². The molecule has 0 aliphatic carbocycles. The number of rotatable bonds is 42. The van der Waals surface area contributed by atoms with Crippen LogP contribution in [0.1, 0.15) is 239 Å². The summed E-state index contributed by atoms with van der Waals surface area (Å²) in [5.74, 6) is -0.0995. The van der Waals surface area contributed by atoms with Crippen molar-refractivity contribution in [2.45, 2.75) is 251 Å². The van der Waals surface area contributed by atoms with E-state index in [0.717, 1.165) is 64.2 Å². The summed E-state index contributed by atoms with van der Waals surface area (Å²) in [6.45, 7) is 4.83. The number of aliphatic hydroxyl groups is 2. The smallest absolute Gasteiger partial charge is 0.305 e. The number of nitrogens with one attached hydrogen (secondary N) is 1. The maximum Gasteiger partial charge on any atom is 0.305 e. The Balaban J connectivity index is 3.48. The van der Waals surface area contributed by atoms with E-state index >= 15 is 0 Å². The van der Waals surface area contributed by atoms with E-state index in [0.29, 0.717) is 25.9 Å². The standard InChI is InChI=1S/C47H89NO5/c1-3-5-7-9-11-13-15-16-17-18-19-20-21-25-29-33-37-41-47(52)53-42-38-34-30-26-22-24-28-32-36-40-46(51)48-44(43-49)45(50)39-35-31-27-23-14-12-10-8-6-4-2/h11,13,16-17,44-45,49-50H,3-10,12,14-15,18-43H2,1-2H3,(H,48,51)/b13-11-,17-16-. The zero-order valence-corrected chi connectivity index (χ0v) is 35.2. The summed E-state index contributed by atoms with van der Waals surface area (Å²) >= 11 is 0. The van der Waals surface area contributed by atoms with Gasteiger partial charge in [-0.3, -0.25) is 9.59 Å². The number of carbonyl (C=O) groups excluding carboxylic acids is 2. The first-order valence-electron chi connectivity index (χ1n) is 23.1. The number of ether oxygens (including phenoxy) is 1. The normalized spacial score (nSPS) is 12.9. The van der Waals surface area contributed by atoms with Gasteiger partial charge in [-0.25, -0.2) is 0 Å². The van der Waals surface area contributed by atoms with Crippen LogP contribution in [0.2, 0.25) is 0 Å². The van der Waals surface area contributed by atoms with Gasteiger partial charge >= 0.3 is 5.97 Å². The van der Waals surface area contributed by atoms with Crippen molar-refractivity contribution < 1.29 is 24.5 Å². The zero-order valence-electron chi connectivity index (χ0n) is 35.2. The van der Waals surface area contributed by atoms with Crippen molar-refractivity contribution >= 4 is 11.9 Å². The van der Waals surface area contributed by atoms with Crippen molar-refractivity contribution in [1.82, 2.24) is 5.32 Å². The Kier molecular flexibility index (Phi) is 41.7. The topological polar surface area (TPSA) is 95.9 Å². The highest BCUT2D eigenvalue weighted by Crippen LogP contribution is 2.15. The van der Waals surface area contributed by atoms with Crippen molar-refractivity contribution in [2.75, 3.05) is 13.2 Å². The molecule has 0 aromatic heterocycles. The maximum absolute atomic E-state index is 12.4. The van der Waals surface area contributed by atoms with Crippen LogP contribution in [0.4, 0.5) is 0 Å². The third-order valence-corrected chi connectivity index (χ3v) is 10.5. The fourth-order valence-electron chi connectivity index (χ4n) is 6.90. The Labute approximate surface area is 329 Å². The van der Waals surface area contributed by atoms with Crippen molar-refractivity contribution in [3.05, 3.63) is 24.3 Å². The second kappa shape index (κ2) is 43.1. The molecule has 0 saturated heterocycles. The van der Waals surface area contributed by atoms with Gasteiger partial charge < -0.3 is 20.3 Å². The van der Waals surface area contributed by atoms with Gasteiger partial charge in [-0.05, 0) is 57.8 Å². The fourth-order valence-corrected chi connectivity index (χ4v) is 6.90. The maximum atomic E-state index is 12.4. The average molecular weight is 748 g/mol. The number of amides is 1. The lowest BCUT2D eigenvalue weighted by Gasteiger charge is -2.22.